The van der Waals surface area contributed by atoms with Crippen LogP contribution in [-0.2, 0) is 0 Å². The van der Waals surface area contributed by atoms with Crippen LogP contribution in [-0.4, -0.2) is 19.1 Å². The van der Waals surface area contributed by atoms with Crippen LogP contribution in [0.3, 0.4) is 0 Å². The first-order valence-electron chi connectivity index (χ1n) is 3.52. The fraction of sp³-hybridized carbons (Fsp3) is 0.375. The quantitative estimate of drug-likeness (QED) is 0.740. The third-order valence-corrected chi connectivity index (χ3v) is 3.32. The van der Waals surface area contributed by atoms with Gasteiger partial charge in [0.05, 0.1) is 15.9 Å². The number of hydrogen-bond donors (Lipinski definition) is 0. The van der Waals surface area contributed by atoms with E-state index in [1.54, 1.807) is 0 Å². The maximum atomic E-state index is 4.32. The Kier molecular flexibility index (Phi) is 3.12. The molecule has 1 aromatic heterocycles. The molecule has 0 aliphatic rings. The van der Waals surface area contributed by atoms with Crippen LogP contribution >= 0.6 is 31.9 Å². The molecule has 0 spiro atoms. The maximum absolute atomic E-state index is 4.32. The first-order valence-corrected chi connectivity index (χ1v) is 5.11. The Morgan fingerprint density at radius 3 is 2.42 bits per heavy atom. The van der Waals surface area contributed by atoms with E-state index in [-0.39, 0.29) is 0 Å². The number of pyridine rings is 1. The van der Waals surface area contributed by atoms with Crippen LogP contribution in [0.15, 0.2) is 15.1 Å². The van der Waals surface area contributed by atoms with Gasteiger partial charge >= 0.3 is 0 Å². The molecule has 0 aliphatic carbocycles. The molecule has 4 heteroatoms. The number of aromatic nitrogens is 1. The van der Waals surface area contributed by atoms with E-state index in [9.17, 15) is 0 Å². The van der Waals surface area contributed by atoms with Gasteiger partial charge in [0.2, 0.25) is 0 Å². The van der Waals surface area contributed by atoms with Crippen molar-refractivity contribution >= 4 is 37.5 Å². The minimum atomic E-state index is 0.852. The molecule has 2 nitrogen and oxygen atoms in total. The van der Waals surface area contributed by atoms with Crippen molar-refractivity contribution in [2.75, 3.05) is 19.0 Å². The lowest BCUT2D eigenvalue weighted by Crippen LogP contribution is -2.11. The molecule has 1 rings (SSSR count). The fourth-order valence-corrected chi connectivity index (χ4v) is 1.68. The van der Waals surface area contributed by atoms with Gasteiger partial charge in [-0.05, 0) is 44.8 Å². The van der Waals surface area contributed by atoms with Gasteiger partial charge in [-0.1, -0.05) is 0 Å². The second-order valence-corrected chi connectivity index (χ2v) is 4.37. The number of aryl methyl sites for hydroxylation is 1. The highest BCUT2D eigenvalue weighted by Crippen LogP contribution is 2.27. The van der Waals surface area contributed by atoms with E-state index < -0.39 is 0 Å². The molecule has 0 aromatic carbocycles. The van der Waals surface area contributed by atoms with Gasteiger partial charge in [0, 0.05) is 14.1 Å². The zero-order chi connectivity index (χ0) is 9.30. The van der Waals surface area contributed by atoms with E-state index in [0.29, 0.717) is 0 Å². The zero-order valence-electron chi connectivity index (χ0n) is 7.23. The van der Waals surface area contributed by atoms with Crippen LogP contribution in [0.2, 0.25) is 0 Å². The highest BCUT2D eigenvalue weighted by atomic mass is 79.9. The largest absolute Gasteiger partial charge is 0.376 e. The summed E-state index contributed by atoms with van der Waals surface area (Å²) >= 11 is 6.77. The Morgan fingerprint density at radius 1 is 1.33 bits per heavy atom. The molecule has 0 aliphatic heterocycles. The molecular formula is C8H10Br2N2. The molecule has 0 atom stereocenters. The minimum absolute atomic E-state index is 0.852. The lowest BCUT2D eigenvalue weighted by atomic mass is 10.3. The molecule has 1 heterocycles. The summed E-state index contributed by atoms with van der Waals surface area (Å²) in [4.78, 5) is 6.36. The molecule has 66 valence electrons. The highest BCUT2D eigenvalue weighted by Gasteiger charge is 2.05. The number of nitrogens with zero attached hydrogens (tertiary/aromatic N) is 2. The van der Waals surface area contributed by atoms with Gasteiger partial charge in [-0.2, -0.15) is 0 Å². The van der Waals surface area contributed by atoms with E-state index >= 15 is 0 Å². The summed E-state index contributed by atoms with van der Waals surface area (Å²) in [7, 11) is 4.01. The first-order chi connectivity index (χ1) is 5.52. The van der Waals surface area contributed by atoms with Gasteiger partial charge in [0.25, 0.3) is 0 Å². The molecule has 0 bridgehead atoms. The Bertz CT molecular complexity index is 297. The van der Waals surface area contributed by atoms with Gasteiger partial charge in [0.15, 0.2) is 0 Å². The number of hydrogen-bond acceptors (Lipinski definition) is 2. The highest BCUT2D eigenvalue weighted by molar-refractivity contribution is 9.13. The van der Waals surface area contributed by atoms with Crippen LogP contribution in [0, 0.1) is 6.92 Å². The van der Waals surface area contributed by atoms with Gasteiger partial charge in [-0.25, -0.2) is 4.98 Å². The summed E-state index contributed by atoms with van der Waals surface area (Å²) in [6, 6.07) is 2.05. The van der Waals surface area contributed by atoms with E-state index in [1.165, 1.54) is 0 Å². The monoisotopic (exact) mass is 292 g/mol. The predicted molar refractivity (Wildman–Crippen MR) is 58.7 cm³/mol. The average Bonchev–Trinajstić information content (AvgIpc) is 1.96. The molecule has 0 amide bonds. The van der Waals surface area contributed by atoms with Crippen LogP contribution in [0.5, 0.6) is 0 Å². The third-order valence-electron chi connectivity index (χ3n) is 1.58. The maximum Gasteiger partial charge on any atom is 0.120 e. The standard InChI is InChI=1S/C8H10Br2N2/c1-5-7(12(2)3)4-6(9)8(10)11-5/h4H,1-3H3. The first kappa shape index (κ1) is 9.99. The van der Waals surface area contributed by atoms with E-state index in [0.717, 1.165) is 20.5 Å². The minimum Gasteiger partial charge on any atom is -0.376 e. The Labute approximate surface area is 89.2 Å². The van der Waals surface area contributed by atoms with Crippen molar-refractivity contribution in [2.24, 2.45) is 0 Å². The molecule has 0 unspecified atom stereocenters. The summed E-state index contributed by atoms with van der Waals surface area (Å²) < 4.78 is 1.84. The molecule has 12 heavy (non-hydrogen) atoms. The van der Waals surface area contributed by atoms with Crippen molar-refractivity contribution in [3.63, 3.8) is 0 Å². The molecule has 0 saturated heterocycles. The molecule has 0 fully saturated rings. The van der Waals surface area contributed by atoms with Crippen molar-refractivity contribution in [1.82, 2.24) is 4.98 Å². The number of rotatable bonds is 1. The Balaban J connectivity index is 3.23. The van der Waals surface area contributed by atoms with Gasteiger partial charge < -0.3 is 4.90 Å². The number of anilines is 1. The van der Waals surface area contributed by atoms with Crippen LogP contribution in [0.25, 0.3) is 0 Å². The van der Waals surface area contributed by atoms with Crippen molar-refractivity contribution in [3.05, 3.63) is 20.8 Å². The van der Waals surface area contributed by atoms with Crippen LogP contribution in [0.4, 0.5) is 5.69 Å². The average molecular weight is 294 g/mol. The lowest BCUT2D eigenvalue weighted by Gasteiger charge is -2.15. The van der Waals surface area contributed by atoms with Crippen LogP contribution in [0.1, 0.15) is 5.69 Å². The Hall–Kier alpha value is -0.0900. The molecule has 0 radical (unpaired) electrons. The fourth-order valence-electron chi connectivity index (χ4n) is 0.995. The second-order valence-electron chi connectivity index (χ2n) is 2.76. The summed E-state index contributed by atoms with van der Waals surface area (Å²) in [5.74, 6) is 0. The molecule has 0 N–H and O–H groups in total. The van der Waals surface area contributed by atoms with Gasteiger partial charge in [-0.15, -0.1) is 0 Å². The summed E-state index contributed by atoms with van der Waals surface area (Å²) in [6.45, 7) is 1.99. The van der Waals surface area contributed by atoms with E-state index in [4.69, 9.17) is 0 Å². The van der Waals surface area contributed by atoms with E-state index in [2.05, 4.69) is 36.8 Å². The van der Waals surface area contributed by atoms with Crippen molar-refractivity contribution < 1.29 is 0 Å². The molecule has 0 saturated carbocycles. The molecular weight excluding hydrogens is 284 g/mol. The lowest BCUT2D eigenvalue weighted by molar-refractivity contribution is 1.05. The zero-order valence-corrected chi connectivity index (χ0v) is 10.4. The van der Waals surface area contributed by atoms with E-state index in [1.807, 2.05) is 32.0 Å². The Morgan fingerprint density at radius 2 is 1.92 bits per heavy atom. The van der Waals surface area contributed by atoms with Gasteiger partial charge in [0.1, 0.15) is 4.60 Å². The second kappa shape index (κ2) is 3.75. The number of halogens is 2. The normalized spacial score (nSPS) is 10.1. The van der Waals surface area contributed by atoms with Gasteiger partial charge in [-0.3, -0.25) is 0 Å². The van der Waals surface area contributed by atoms with Crippen LogP contribution < -0.4 is 4.90 Å². The molecule has 1 aromatic rings. The van der Waals surface area contributed by atoms with Crippen molar-refractivity contribution in [1.29, 1.82) is 0 Å². The summed E-state index contributed by atoms with van der Waals surface area (Å²) in [5.41, 5.74) is 2.15. The summed E-state index contributed by atoms with van der Waals surface area (Å²) in [6.07, 6.45) is 0. The topological polar surface area (TPSA) is 16.1 Å². The SMILES string of the molecule is Cc1nc(Br)c(Br)cc1N(C)C. The third kappa shape index (κ3) is 1.98. The summed E-state index contributed by atoms with van der Waals surface area (Å²) in [5, 5.41) is 0. The van der Waals surface area contributed by atoms with Crippen molar-refractivity contribution in [3.8, 4) is 0 Å². The van der Waals surface area contributed by atoms with Crippen molar-refractivity contribution in [2.45, 2.75) is 6.92 Å². The smallest absolute Gasteiger partial charge is 0.120 e. The predicted octanol–water partition coefficient (Wildman–Crippen LogP) is 2.98.